The van der Waals surface area contributed by atoms with E-state index in [1.807, 2.05) is 0 Å². The average molecular weight is 310 g/mol. The van der Waals surface area contributed by atoms with E-state index in [0.29, 0.717) is 16.1 Å². The minimum Gasteiger partial charge on any atom is -0.386 e. The fourth-order valence-electron chi connectivity index (χ4n) is 1.82. The summed E-state index contributed by atoms with van der Waals surface area (Å²) in [5.41, 5.74) is 0.195. The summed E-state index contributed by atoms with van der Waals surface area (Å²) < 4.78 is 19.4. The summed E-state index contributed by atoms with van der Waals surface area (Å²) in [5.74, 6) is -0.473. The van der Waals surface area contributed by atoms with E-state index >= 15 is 0 Å². The Morgan fingerprint density at radius 1 is 1.56 bits per heavy atom. The van der Waals surface area contributed by atoms with E-state index in [4.69, 9.17) is 16.3 Å². The lowest BCUT2D eigenvalue weighted by molar-refractivity contribution is -0.00426. The van der Waals surface area contributed by atoms with Crippen LogP contribution in [-0.2, 0) is 4.74 Å². The van der Waals surface area contributed by atoms with Gasteiger partial charge in [-0.2, -0.15) is 0 Å². The molecule has 0 spiro atoms. The van der Waals surface area contributed by atoms with E-state index < -0.39 is 11.9 Å². The fraction of sp³-hybridized carbons (Fsp3) is 0.455. The average Bonchev–Trinajstić information content (AvgIpc) is 2.75. The van der Waals surface area contributed by atoms with E-state index in [2.05, 4.69) is 15.9 Å². The van der Waals surface area contributed by atoms with Crippen LogP contribution >= 0.6 is 27.5 Å². The van der Waals surface area contributed by atoms with Crippen molar-refractivity contribution in [3.63, 3.8) is 0 Å². The van der Waals surface area contributed by atoms with Crippen LogP contribution in [0.4, 0.5) is 4.39 Å². The third-order valence-corrected chi connectivity index (χ3v) is 3.87. The zero-order valence-electron chi connectivity index (χ0n) is 8.42. The molecule has 1 aliphatic rings. The van der Waals surface area contributed by atoms with Crippen LogP contribution in [0.5, 0.6) is 0 Å². The highest BCUT2D eigenvalue weighted by Gasteiger charge is 2.28. The molecule has 2 nitrogen and oxygen atoms in total. The van der Waals surface area contributed by atoms with E-state index in [0.717, 1.165) is 12.8 Å². The first kappa shape index (κ1) is 12.3. The lowest BCUT2D eigenvalue weighted by Gasteiger charge is -2.18. The second kappa shape index (κ2) is 5.00. The second-order valence-electron chi connectivity index (χ2n) is 3.78. The molecule has 0 saturated carbocycles. The molecule has 2 atom stereocenters. The zero-order chi connectivity index (χ0) is 11.7. The highest BCUT2D eigenvalue weighted by atomic mass is 79.9. The molecular weight excluding hydrogens is 298 g/mol. The number of ether oxygens (including phenoxy) is 1. The zero-order valence-corrected chi connectivity index (χ0v) is 10.8. The van der Waals surface area contributed by atoms with Gasteiger partial charge in [-0.1, -0.05) is 11.6 Å². The number of hydrogen-bond donors (Lipinski definition) is 1. The number of aliphatic hydroxyl groups is 1. The van der Waals surface area contributed by atoms with Crippen molar-refractivity contribution < 1.29 is 14.2 Å². The molecule has 1 fully saturated rings. The second-order valence-corrected chi connectivity index (χ2v) is 5.05. The summed E-state index contributed by atoms with van der Waals surface area (Å²) in [5, 5.41) is 10.4. The van der Waals surface area contributed by atoms with E-state index in [-0.39, 0.29) is 11.7 Å². The third-order valence-electron chi connectivity index (χ3n) is 2.68. The van der Waals surface area contributed by atoms with Gasteiger partial charge >= 0.3 is 0 Å². The molecule has 1 aromatic rings. The van der Waals surface area contributed by atoms with Crippen molar-refractivity contribution in [3.05, 3.63) is 33.0 Å². The molecule has 0 radical (unpaired) electrons. The Labute approximate surface area is 106 Å². The predicted molar refractivity (Wildman–Crippen MR) is 63.0 cm³/mol. The smallest absolute Gasteiger partial charge is 0.130 e. The summed E-state index contributed by atoms with van der Waals surface area (Å²) in [6, 6.07) is 2.70. The van der Waals surface area contributed by atoms with Crippen LogP contribution in [0.25, 0.3) is 0 Å². The van der Waals surface area contributed by atoms with Gasteiger partial charge in [-0.05, 0) is 40.9 Å². The molecule has 1 aromatic carbocycles. The monoisotopic (exact) mass is 308 g/mol. The van der Waals surface area contributed by atoms with Crippen molar-refractivity contribution in [2.75, 3.05) is 6.61 Å². The molecule has 5 heteroatoms. The SMILES string of the molecule is OC(c1cc(Cl)c(Br)cc1F)C1CCCO1. The first-order chi connectivity index (χ1) is 7.59. The topological polar surface area (TPSA) is 29.5 Å². The van der Waals surface area contributed by atoms with Gasteiger partial charge in [-0.15, -0.1) is 0 Å². The quantitative estimate of drug-likeness (QED) is 0.848. The Kier molecular flexibility index (Phi) is 3.85. The van der Waals surface area contributed by atoms with Gasteiger partial charge in [0.1, 0.15) is 11.9 Å². The molecule has 2 unspecified atom stereocenters. The predicted octanol–water partition coefficient (Wildman–Crippen LogP) is 3.45. The van der Waals surface area contributed by atoms with Crippen molar-refractivity contribution in [1.82, 2.24) is 0 Å². The summed E-state index contributed by atoms with van der Waals surface area (Å²) in [6.07, 6.45) is 0.363. The van der Waals surface area contributed by atoms with Crippen LogP contribution in [0.15, 0.2) is 16.6 Å². The molecule has 1 aliphatic heterocycles. The van der Waals surface area contributed by atoms with Crippen LogP contribution in [0.3, 0.4) is 0 Å². The van der Waals surface area contributed by atoms with Crippen LogP contribution in [-0.4, -0.2) is 17.8 Å². The Hall–Kier alpha value is -0.160. The molecule has 1 heterocycles. The number of hydrogen-bond acceptors (Lipinski definition) is 2. The van der Waals surface area contributed by atoms with Gasteiger partial charge in [0.05, 0.1) is 11.1 Å². The summed E-state index contributed by atoms with van der Waals surface area (Å²) in [4.78, 5) is 0. The van der Waals surface area contributed by atoms with Gasteiger partial charge in [-0.3, -0.25) is 0 Å². The van der Waals surface area contributed by atoms with Gasteiger partial charge in [-0.25, -0.2) is 4.39 Å². The van der Waals surface area contributed by atoms with Crippen molar-refractivity contribution in [2.45, 2.75) is 25.0 Å². The fourth-order valence-corrected chi connectivity index (χ4v) is 2.30. The lowest BCUT2D eigenvalue weighted by atomic mass is 10.0. The van der Waals surface area contributed by atoms with Gasteiger partial charge in [0.25, 0.3) is 0 Å². The van der Waals surface area contributed by atoms with Gasteiger partial charge in [0.15, 0.2) is 0 Å². The molecule has 16 heavy (non-hydrogen) atoms. The van der Waals surface area contributed by atoms with Crippen LogP contribution in [0.1, 0.15) is 24.5 Å². The molecule has 1 saturated heterocycles. The molecule has 88 valence electrons. The minimum atomic E-state index is -0.951. The van der Waals surface area contributed by atoms with Gasteiger partial charge < -0.3 is 9.84 Å². The van der Waals surface area contributed by atoms with Crippen LogP contribution in [0.2, 0.25) is 5.02 Å². The summed E-state index contributed by atoms with van der Waals surface area (Å²) in [7, 11) is 0. The summed E-state index contributed by atoms with van der Waals surface area (Å²) in [6.45, 7) is 0.619. The first-order valence-corrected chi connectivity index (χ1v) is 6.21. The van der Waals surface area contributed by atoms with Crippen molar-refractivity contribution in [3.8, 4) is 0 Å². The van der Waals surface area contributed by atoms with Gasteiger partial charge in [0, 0.05) is 16.6 Å². The largest absolute Gasteiger partial charge is 0.386 e. The van der Waals surface area contributed by atoms with Crippen molar-refractivity contribution >= 4 is 27.5 Å². The number of benzene rings is 1. The molecule has 2 rings (SSSR count). The summed E-state index contributed by atoms with van der Waals surface area (Å²) >= 11 is 9.00. The maximum absolute atomic E-state index is 13.6. The number of aliphatic hydroxyl groups excluding tert-OH is 1. The molecule has 0 bridgehead atoms. The Balaban J connectivity index is 2.28. The number of rotatable bonds is 2. The van der Waals surface area contributed by atoms with E-state index in [9.17, 15) is 9.50 Å². The highest BCUT2D eigenvalue weighted by molar-refractivity contribution is 9.10. The maximum atomic E-state index is 13.6. The first-order valence-electron chi connectivity index (χ1n) is 5.03. The van der Waals surface area contributed by atoms with Crippen LogP contribution < -0.4 is 0 Å². The molecule has 0 aliphatic carbocycles. The molecule has 0 amide bonds. The molecular formula is C11H11BrClFO2. The van der Waals surface area contributed by atoms with Crippen molar-refractivity contribution in [1.29, 1.82) is 0 Å². The molecule has 1 N–H and O–H groups in total. The third kappa shape index (κ3) is 2.40. The normalized spacial score (nSPS) is 22.4. The molecule has 0 aromatic heterocycles. The van der Waals surface area contributed by atoms with E-state index in [1.165, 1.54) is 12.1 Å². The standard InChI is InChI=1S/C11H11BrClFO2/c12-7-5-9(14)6(4-8(7)13)11(15)10-2-1-3-16-10/h4-5,10-11,15H,1-3H2. The minimum absolute atomic E-state index is 0.195. The van der Waals surface area contributed by atoms with E-state index in [1.54, 1.807) is 0 Å². The Morgan fingerprint density at radius 3 is 2.94 bits per heavy atom. The number of halogens is 3. The Morgan fingerprint density at radius 2 is 2.31 bits per heavy atom. The van der Waals surface area contributed by atoms with Crippen molar-refractivity contribution in [2.24, 2.45) is 0 Å². The Bertz CT molecular complexity index is 394. The highest BCUT2D eigenvalue weighted by Crippen LogP contribution is 2.33. The lowest BCUT2D eigenvalue weighted by Crippen LogP contribution is -2.18. The van der Waals surface area contributed by atoms with Gasteiger partial charge in [0.2, 0.25) is 0 Å². The van der Waals surface area contributed by atoms with Crippen LogP contribution in [0, 0.1) is 5.82 Å². The maximum Gasteiger partial charge on any atom is 0.130 e.